The van der Waals surface area contributed by atoms with Crippen LogP contribution in [0.4, 0.5) is 0 Å². The molecule has 0 bridgehead atoms. The van der Waals surface area contributed by atoms with Crippen LogP contribution in [-0.2, 0) is 4.74 Å². The molecule has 3 nitrogen and oxygen atoms in total. The van der Waals surface area contributed by atoms with E-state index < -0.39 is 0 Å². The van der Waals surface area contributed by atoms with Gasteiger partial charge in [-0.2, -0.15) is 0 Å². The van der Waals surface area contributed by atoms with Gasteiger partial charge in [-0.1, -0.05) is 6.58 Å². The molecular formula is C12H14N2O. The van der Waals surface area contributed by atoms with Crippen molar-refractivity contribution < 1.29 is 4.74 Å². The molecule has 0 aromatic heterocycles. The van der Waals surface area contributed by atoms with Crippen molar-refractivity contribution in [1.29, 1.82) is 0 Å². The van der Waals surface area contributed by atoms with Gasteiger partial charge < -0.3 is 4.74 Å². The van der Waals surface area contributed by atoms with E-state index in [9.17, 15) is 0 Å². The van der Waals surface area contributed by atoms with E-state index in [1.54, 1.807) is 6.34 Å². The number of hydrogen-bond acceptors (Lipinski definition) is 3. The second-order valence-corrected chi connectivity index (χ2v) is 3.56. The van der Waals surface area contributed by atoms with Crippen molar-refractivity contribution in [3.05, 3.63) is 35.8 Å². The van der Waals surface area contributed by atoms with Crippen LogP contribution in [0.25, 0.3) is 0 Å². The Morgan fingerprint density at radius 3 is 3.07 bits per heavy atom. The lowest BCUT2D eigenvalue weighted by Crippen LogP contribution is -2.20. The van der Waals surface area contributed by atoms with Crippen LogP contribution >= 0.6 is 0 Å². The Kier molecular flexibility index (Phi) is 2.54. The highest BCUT2D eigenvalue weighted by atomic mass is 16.5. The molecule has 78 valence electrons. The van der Waals surface area contributed by atoms with Crippen LogP contribution < -0.4 is 0 Å². The number of rotatable bonds is 2. The molecule has 0 N–H and O–H groups in total. The Hall–Kier alpha value is -1.64. The van der Waals surface area contributed by atoms with E-state index in [4.69, 9.17) is 4.74 Å². The van der Waals surface area contributed by atoms with Gasteiger partial charge in [-0.3, -0.25) is 0 Å². The average molecular weight is 202 g/mol. The molecule has 1 atom stereocenters. The third kappa shape index (κ3) is 1.77. The number of hydrogen-bond donors (Lipinski definition) is 0. The number of allylic oxidation sites excluding steroid dienone is 3. The predicted octanol–water partition coefficient (Wildman–Crippen LogP) is 2.48. The van der Waals surface area contributed by atoms with Crippen LogP contribution in [0.2, 0.25) is 0 Å². The van der Waals surface area contributed by atoms with Gasteiger partial charge in [0.2, 0.25) is 0 Å². The Morgan fingerprint density at radius 2 is 2.33 bits per heavy atom. The molecule has 0 radical (unpaired) electrons. The number of aliphatic imine (C=N–C) groups is 2. The highest BCUT2D eigenvalue weighted by Gasteiger charge is 2.23. The van der Waals surface area contributed by atoms with Gasteiger partial charge in [0.25, 0.3) is 0 Å². The van der Waals surface area contributed by atoms with Gasteiger partial charge in [-0.05, 0) is 31.6 Å². The quantitative estimate of drug-likeness (QED) is 0.677. The Balaban J connectivity index is 2.34. The maximum absolute atomic E-state index is 5.54. The molecule has 3 heteroatoms. The van der Waals surface area contributed by atoms with Gasteiger partial charge >= 0.3 is 0 Å². The second kappa shape index (κ2) is 3.85. The molecule has 0 spiro atoms. The first kappa shape index (κ1) is 9.90. The van der Waals surface area contributed by atoms with E-state index in [2.05, 4.69) is 16.6 Å². The molecule has 1 heterocycles. The van der Waals surface area contributed by atoms with Crippen LogP contribution in [0.1, 0.15) is 13.8 Å². The molecular weight excluding hydrogens is 188 g/mol. The molecule has 0 fully saturated rings. The monoisotopic (exact) mass is 202 g/mol. The van der Waals surface area contributed by atoms with E-state index >= 15 is 0 Å². The van der Waals surface area contributed by atoms with Gasteiger partial charge in [0.05, 0.1) is 18.2 Å². The van der Waals surface area contributed by atoms with E-state index in [0.29, 0.717) is 6.61 Å². The molecule has 1 aliphatic carbocycles. The molecule has 1 unspecified atom stereocenters. The summed E-state index contributed by atoms with van der Waals surface area (Å²) in [5, 5.41) is 0. The molecule has 0 saturated heterocycles. The van der Waals surface area contributed by atoms with Crippen molar-refractivity contribution in [3.8, 4) is 0 Å². The maximum atomic E-state index is 5.54. The summed E-state index contributed by atoms with van der Waals surface area (Å²) in [6, 6.07) is 0. The highest BCUT2D eigenvalue weighted by Crippen LogP contribution is 2.28. The average Bonchev–Trinajstić information content (AvgIpc) is 2.21. The summed E-state index contributed by atoms with van der Waals surface area (Å²) in [5.74, 6) is 1.000. The minimum Gasteiger partial charge on any atom is -0.494 e. The third-order valence-corrected chi connectivity index (χ3v) is 2.48. The maximum Gasteiger partial charge on any atom is 0.119 e. The molecule has 1 aliphatic heterocycles. The first-order chi connectivity index (χ1) is 7.22. The molecule has 2 aliphatic rings. The van der Waals surface area contributed by atoms with Crippen molar-refractivity contribution in [2.24, 2.45) is 15.9 Å². The van der Waals surface area contributed by atoms with E-state index in [-0.39, 0.29) is 5.92 Å². The van der Waals surface area contributed by atoms with Crippen molar-refractivity contribution in [1.82, 2.24) is 0 Å². The lowest BCUT2D eigenvalue weighted by atomic mass is 9.91. The summed E-state index contributed by atoms with van der Waals surface area (Å²) in [6.07, 6.45) is 5.62. The van der Waals surface area contributed by atoms with Crippen molar-refractivity contribution in [3.63, 3.8) is 0 Å². The summed E-state index contributed by atoms with van der Waals surface area (Å²) >= 11 is 0. The first-order valence-corrected chi connectivity index (χ1v) is 5.04. The fourth-order valence-corrected chi connectivity index (χ4v) is 1.70. The number of ether oxygens (including phenoxy) is 1. The Labute approximate surface area is 89.6 Å². The number of nitrogens with zero attached hydrogens (tertiary/aromatic N) is 2. The minimum absolute atomic E-state index is 0.0836. The molecule has 0 saturated carbocycles. The largest absolute Gasteiger partial charge is 0.494 e. The smallest absolute Gasteiger partial charge is 0.119 e. The summed E-state index contributed by atoms with van der Waals surface area (Å²) in [7, 11) is 0. The number of fused-ring (bicyclic) bond motifs is 1. The van der Waals surface area contributed by atoms with Crippen LogP contribution in [-0.4, -0.2) is 18.7 Å². The SMILES string of the molecule is C=C1N=CN=C2C=C(C)C(OCC)=CC12. The summed E-state index contributed by atoms with van der Waals surface area (Å²) < 4.78 is 5.54. The molecule has 2 rings (SSSR count). The molecule has 0 aromatic rings. The minimum atomic E-state index is 0.0836. The molecule has 0 aromatic carbocycles. The lowest BCUT2D eigenvalue weighted by molar-refractivity contribution is 0.235. The Morgan fingerprint density at radius 1 is 1.53 bits per heavy atom. The summed E-state index contributed by atoms with van der Waals surface area (Å²) in [4.78, 5) is 8.33. The van der Waals surface area contributed by atoms with Crippen molar-refractivity contribution in [2.45, 2.75) is 13.8 Å². The van der Waals surface area contributed by atoms with Gasteiger partial charge in [0.1, 0.15) is 12.1 Å². The van der Waals surface area contributed by atoms with Gasteiger partial charge in [0, 0.05) is 5.70 Å². The fraction of sp³-hybridized carbons (Fsp3) is 0.333. The van der Waals surface area contributed by atoms with Crippen LogP contribution in [0, 0.1) is 5.92 Å². The van der Waals surface area contributed by atoms with E-state index in [0.717, 1.165) is 22.7 Å². The first-order valence-electron chi connectivity index (χ1n) is 5.04. The van der Waals surface area contributed by atoms with Crippen LogP contribution in [0.3, 0.4) is 0 Å². The molecule has 0 amide bonds. The second-order valence-electron chi connectivity index (χ2n) is 3.56. The van der Waals surface area contributed by atoms with Crippen molar-refractivity contribution in [2.75, 3.05) is 6.61 Å². The summed E-state index contributed by atoms with van der Waals surface area (Å²) in [5.41, 5.74) is 2.92. The standard InChI is InChI=1S/C12H14N2O/c1-4-15-12-6-10-9(3)13-7-14-11(10)5-8(12)2/h5-7,10H,3-4H2,1-2H3. The third-order valence-electron chi connectivity index (χ3n) is 2.48. The summed E-state index contributed by atoms with van der Waals surface area (Å²) in [6.45, 7) is 8.58. The lowest BCUT2D eigenvalue weighted by Gasteiger charge is -2.23. The van der Waals surface area contributed by atoms with Crippen molar-refractivity contribution >= 4 is 12.1 Å². The van der Waals surface area contributed by atoms with E-state index in [1.165, 1.54) is 0 Å². The zero-order valence-electron chi connectivity index (χ0n) is 9.03. The van der Waals surface area contributed by atoms with Gasteiger partial charge in [-0.15, -0.1) is 0 Å². The van der Waals surface area contributed by atoms with E-state index in [1.807, 2.05) is 26.0 Å². The topological polar surface area (TPSA) is 34.0 Å². The van der Waals surface area contributed by atoms with Gasteiger partial charge in [-0.25, -0.2) is 9.98 Å². The fourth-order valence-electron chi connectivity index (χ4n) is 1.70. The van der Waals surface area contributed by atoms with Crippen LogP contribution in [0.5, 0.6) is 0 Å². The van der Waals surface area contributed by atoms with Gasteiger partial charge in [0.15, 0.2) is 0 Å². The zero-order chi connectivity index (χ0) is 10.8. The Bertz CT molecular complexity index is 413. The highest BCUT2D eigenvalue weighted by molar-refractivity contribution is 6.06. The zero-order valence-corrected chi connectivity index (χ0v) is 9.03. The molecule has 15 heavy (non-hydrogen) atoms. The normalized spacial score (nSPS) is 24.0. The van der Waals surface area contributed by atoms with Crippen LogP contribution in [0.15, 0.2) is 45.7 Å². The predicted molar refractivity (Wildman–Crippen MR) is 62.0 cm³/mol.